The van der Waals surface area contributed by atoms with Gasteiger partial charge in [-0.1, -0.05) is 24.6 Å². The Kier molecular flexibility index (Phi) is 3.95. The molecule has 0 aromatic heterocycles. The number of nitrogens with one attached hydrogen (secondary N) is 2. The zero-order valence-corrected chi connectivity index (χ0v) is 11.2. The maximum absolute atomic E-state index is 11.7. The van der Waals surface area contributed by atoms with Crippen molar-refractivity contribution in [2.75, 3.05) is 11.9 Å². The number of carboxylic acid groups (broad SMARTS) is 1. The molecule has 19 heavy (non-hydrogen) atoms. The van der Waals surface area contributed by atoms with Gasteiger partial charge in [-0.3, -0.25) is 0 Å². The summed E-state index contributed by atoms with van der Waals surface area (Å²) >= 11 is 5.81. The van der Waals surface area contributed by atoms with Gasteiger partial charge in [-0.15, -0.1) is 0 Å². The molecule has 1 saturated carbocycles. The number of anilines is 1. The first-order valence-corrected chi connectivity index (χ1v) is 6.43. The van der Waals surface area contributed by atoms with E-state index in [1.807, 2.05) is 0 Å². The summed E-state index contributed by atoms with van der Waals surface area (Å²) in [5.74, 6) is 0.0156. The maximum Gasteiger partial charge on any atom is 0.339 e. The molecule has 3 N–H and O–H groups in total. The Hall–Kier alpha value is -1.75. The summed E-state index contributed by atoms with van der Waals surface area (Å²) < 4.78 is 0. The Morgan fingerprint density at radius 3 is 2.74 bits per heavy atom. The minimum atomic E-state index is -1.17. The quantitative estimate of drug-likeness (QED) is 0.794. The third-order valence-electron chi connectivity index (χ3n) is 3.28. The van der Waals surface area contributed by atoms with E-state index in [2.05, 4.69) is 17.6 Å². The lowest BCUT2D eigenvalue weighted by Gasteiger charge is -2.10. The Bertz CT molecular complexity index is 519. The second-order valence-electron chi connectivity index (χ2n) is 4.78. The summed E-state index contributed by atoms with van der Waals surface area (Å²) in [5, 5.41) is 14.4. The first-order chi connectivity index (χ1) is 8.99. The Balaban J connectivity index is 2.00. The second-order valence-corrected chi connectivity index (χ2v) is 5.18. The van der Waals surface area contributed by atoms with Crippen molar-refractivity contribution in [2.45, 2.75) is 13.3 Å². The highest BCUT2D eigenvalue weighted by Gasteiger charge is 2.32. The van der Waals surface area contributed by atoms with Crippen LogP contribution in [0.25, 0.3) is 0 Å². The predicted molar refractivity (Wildman–Crippen MR) is 72.7 cm³/mol. The lowest BCUT2D eigenvalue weighted by molar-refractivity contribution is 0.0698. The molecule has 0 saturated heterocycles. The predicted octanol–water partition coefficient (Wildman–Crippen LogP) is 2.82. The second kappa shape index (κ2) is 5.48. The van der Waals surface area contributed by atoms with Gasteiger partial charge in [0.2, 0.25) is 0 Å². The van der Waals surface area contributed by atoms with Gasteiger partial charge in [0.25, 0.3) is 0 Å². The summed E-state index contributed by atoms with van der Waals surface area (Å²) in [5.41, 5.74) is 0.0976. The molecular formula is C13H15ClN2O3. The Labute approximate surface area is 116 Å². The van der Waals surface area contributed by atoms with E-state index >= 15 is 0 Å². The van der Waals surface area contributed by atoms with Crippen molar-refractivity contribution in [3.05, 3.63) is 28.8 Å². The minimum Gasteiger partial charge on any atom is -0.478 e. The fourth-order valence-electron chi connectivity index (χ4n) is 1.92. The van der Waals surface area contributed by atoms with E-state index in [-0.39, 0.29) is 16.3 Å². The number of urea groups is 1. The molecule has 6 heteroatoms. The fraction of sp³-hybridized carbons (Fsp3) is 0.385. The van der Waals surface area contributed by atoms with Crippen LogP contribution in [0.5, 0.6) is 0 Å². The molecule has 1 fully saturated rings. The van der Waals surface area contributed by atoms with Crippen LogP contribution in [0.15, 0.2) is 18.2 Å². The van der Waals surface area contributed by atoms with Crippen LogP contribution in [-0.2, 0) is 0 Å². The van der Waals surface area contributed by atoms with Crippen LogP contribution in [0.3, 0.4) is 0 Å². The average Bonchev–Trinajstić information content (AvgIpc) is 3.02. The van der Waals surface area contributed by atoms with Crippen LogP contribution in [0.2, 0.25) is 5.02 Å². The molecule has 0 bridgehead atoms. The van der Waals surface area contributed by atoms with Crippen LogP contribution < -0.4 is 10.6 Å². The number of carbonyl (C=O) groups excluding carboxylic acids is 1. The number of halogens is 1. The van der Waals surface area contributed by atoms with Gasteiger partial charge in [-0.2, -0.15) is 0 Å². The van der Waals surface area contributed by atoms with Crippen molar-refractivity contribution in [1.82, 2.24) is 5.32 Å². The molecule has 0 radical (unpaired) electrons. The van der Waals surface area contributed by atoms with Crippen LogP contribution in [0.1, 0.15) is 23.7 Å². The maximum atomic E-state index is 11.7. The molecule has 2 amide bonds. The van der Waals surface area contributed by atoms with Gasteiger partial charge < -0.3 is 15.7 Å². The topological polar surface area (TPSA) is 78.4 Å². The number of rotatable bonds is 4. The van der Waals surface area contributed by atoms with E-state index in [1.54, 1.807) is 6.07 Å². The zero-order valence-electron chi connectivity index (χ0n) is 10.4. The van der Waals surface area contributed by atoms with Crippen molar-refractivity contribution >= 4 is 29.3 Å². The van der Waals surface area contributed by atoms with Crippen molar-refractivity contribution in [1.29, 1.82) is 0 Å². The van der Waals surface area contributed by atoms with Gasteiger partial charge in [0.05, 0.1) is 10.7 Å². The van der Waals surface area contributed by atoms with E-state index in [0.29, 0.717) is 18.4 Å². The van der Waals surface area contributed by atoms with E-state index in [1.165, 1.54) is 12.1 Å². The largest absolute Gasteiger partial charge is 0.478 e. The molecule has 1 aliphatic rings. The number of carboxylic acids is 1. The molecular weight excluding hydrogens is 268 g/mol. The first-order valence-electron chi connectivity index (χ1n) is 6.05. The molecule has 2 unspecified atom stereocenters. The third-order valence-corrected chi connectivity index (χ3v) is 3.59. The number of hydrogen-bond donors (Lipinski definition) is 3. The molecule has 1 aromatic carbocycles. The van der Waals surface area contributed by atoms with Crippen molar-refractivity contribution in [2.24, 2.45) is 11.8 Å². The Morgan fingerprint density at radius 1 is 1.47 bits per heavy atom. The number of hydrogen-bond acceptors (Lipinski definition) is 2. The molecule has 2 atom stereocenters. The molecule has 2 rings (SSSR count). The SMILES string of the molecule is CC1CC1CNC(=O)Nc1cccc(Cl)c1C(=O)O. The molecule has 0 spiro atoms. The molecule has 1 aromatic rings. The van der Waals surface area contributed by atoms with E-state index in [0.717, 1.165) is 6.42 Å². The summed E-state index contributed by atoms with van der Waals surface area (Å²) in [6, 6.07) is 4.16. The van der Waals surface area contributed by atoms with Gasteiger partial charge in [0.15, 0.2) is 0 Å². The number of carbonyl (C=O) groups is 2. The monoisotopic (exact) mass is 282 g/mol. The lowest BCUT2D eigenvalue weighted by atomic mass is 10.2. The van der Waals surface area contributed by atoms with Crippen molar-refractivity contribution in [3.8, 4) is 0 Å². The van der Waals surface area contributed by atoms with Crippen LogP contribution in [0, 0.1) is 11.8 Å². The highest BCUT2D eigenvalue weighted by atomic mass is 35.5. The smallest absolute Gasteiger partial charge is 0.339 e. The van der Waals surface area contributed by atoms with E-state index < -0.39 is 12.0 Å². The van der Waals surface area contributed by atoms with Crippen molar-refractivity contribution < 1.29 is 14.7 Å². The van der Waals surface area contributed by atoms with Crippen LogP contribution in [-0.4, -0.2) is 23.7 Å². The fourth-order valence-corrected chi connectivity index (χ4v) is 2.17. The van der Waals surface area contributed by atoms with E-state index in [4.69, 9.17) is 16.7 Å². The van der Waals surface area contributed by atoms with Crippen LogP contribution in [0.4, 0.5) is 10.5 Å². The molecule has 0 aliphatic heterocycles. The number of aromatic carboxylic acids is 1. The average molecular weight is 283 g/mol. The molecule has 0 heterocycles. The number of benzene rings is 1. The summed E-state index contributed by atoms with van der Waals surface area (Å²) in [4.78, 5) is 22.8. The summed E-state index contributed by atoms with van der Waals surface area (Å²) in [6.07, 6.45) is 1.12. The Morgan fingerprint density at radius 2 is 2.16 bits per heavy atom. The highest BCUT2D eigenvalue weighted by molar-refractivity contribution is 6.34. The molecule has 1 aliphatic carbocycles. The van der Waals surface area contributed by atoms with Crippen molar-refractivity contribution in [3.63, 3.8) is 0 Å². The highest BCUT2D eigenvalue weighted by Crippen LogP contribution is 2.36. The summed E-state index contributed by atoms with van der Waals surface area (Å²) in [6.45, 7) is 2.74. The third kappa shape index (κ3) is 3.38. The van der Waals surface area contributed by atoms with Gasteiger partial charge in [0.1, 0.15) is 5.56 Å². The van der Waals surface area contributed by atoms with E-state index in [9.17, 15) is 9.59 Å². The molecule has 5 nitrogen and oxygen atoms in total. The van der Waals surface area contributed by atoms with Gasteiger partial charge >= 0.3 is 12.0 Å². The standard InChI is InChI=1S/C13H15ClN2O3/c1-7-5-8(7)6-15-13(19)16-10-4-2-3-9(14)11(10)12(17)18/h2-4,7-8H,5-6H2,1H3,(H,17,18)(H2,15,16,19). The van der Waals surface area contributed by atoms with Gasteiger partial charge in [-0.05, 0) is 30.4 Å². The summed E-state index contributed by atoms with van der Waals surface area (Å²) in [7, 11) is 0. The van der Waals surface area contributed by atoms with Gasteiger partial charge in [0, 0.05) is 6.54 Å². The van der Waals surface area contributed by atoms with Crippen LogP contribution >= 0.6 is 11.6 Å². The molecule has 102 valence electrons. The lowest BCUT2D eigenvalue weighted by Crippen LogP contribution is -2.31. The first kappa shape index (κ1) is 13.7. The normalized spacial score (nSPS) is 20.7. The number of amides is 2. The zero-order chi connectivity index (χ0) is 14.0. The minimum absolute atomic E-state index is 0.0980. The van der Waals surface area contributed by atoms with Gasteiger partial charge in [-0.25, -0.2) is 9.59 Å².